The fourth-order valence-corrected chi connectivity index (χ4v) is 11.3. The summed E-state index contributed by atoms with van der Waals surface area (Å²) in [6, 6.07) is 3.62. The number of piperazine rings is 2. The molecule has 0 saturated carbocycles. The summed E-state index contributed by atoms with van der Waals surface area (Å²) in [6.07, 6.45) is 13.0. The highest BCUT2D eigenvalue weighted by molar-refractivity contribution is 4.79. The molecule has 0 bridgehead atoms. The first-order valence-corrected chi connectivity index (χ1v) is 43.4. The van der Waals surface area contributed by atoms with Gasteiger partial charge in [-0.2, -0.15) is 0 Å². The van der Waals surface area contributed by atoms with E-state index in [2.05, 4.69) is 198 Å². The Bertz CT molecular complexity index is 993. The van der Waals surface area contributed by atoms with Crippen LogP contribution in [0.4, 0.5) is 0 Å². The van der Waals surface area contributed by atoms with Gasteiger partial charge >= 0.3 is 0 Å². The van der Waals surface area contributed by atoms with E-state index >= 15 is 0 Å². The topological polar surface area (TPSA) is 151 Å². The number of nitrogens with one attached hydrogen (secondary N) is 11. The molecule has 15 nitrogen and oxygen atoms in total. The molecule has 612 valence electrons. The predicted molar refractivity (Wildman–Crippen MR) is 458 cm³/mol. The van der Waals surface area contributed by atoms with E-state index in [9.17, 15) is 0 Å². The highest BCUT2D eigenvalue weighted by atomic mass is 16.5. The molecule has 0 amide bonds. The zero-order chi connectivity index (χ0) is 78.2. The number of morpholine rings is 1. The molecule has 0 aromatic rings. The molecule has 15 heteroatoms. The second kappa shape index (κ2) is 93.5. The van der Waals surface area contributed by atoms with Crippen molar-refractivity contribution >= 4 is 0 Å². The smallest absolute Gasteiger partial charge is 0.0595 e. The Morgan fingerprint density at radius 1 is 0.253 bits per heavy atom. The third kappa shape index (κ3) is 76.9. The quantitative estimate of drug-likeness (QED) is 0.106. The summed E-state index contributed by atoms with van der Waals surface area (Å²) in [5.74, 6) is 7.61. The average Bonchev–Trinajstić information content (AvgIpc) is 3.85. The Labute approximate surface area is 629 Å². The number of likely N-dealkylation sites (tertiary alicyclic amines) is 1. The van der Waals surface area contributed by atoms with Crippen LogP contribution < -0.4 is 58.5 Å². The molecule has 9 rings (SSSR count). The molecule has 9 aliphatic rings. The molecular formula is C84H200N14O. The molecule has 9 aliphatic heterocycles. The lowest BCUT2D eigenvalue weighted by Crippen LogP contribution is -2.51. The van der Waals surface area contributed by atoms with E-state index < -0.39 is 0 Å². The van der Waals surface area contributed by atoms with E-state index in [0.29, 0.717) is 24.2 Å². The van der Waals surface area contributed by atoms with Gasteiger partial charge in [0.25, 0.3) is 0 Å². The standard InChI is InChI=1S/3C8H17N.5C7H16N2.C7H15NO.9C2H6/c1-7(2)8-3-5-9-6-4-8;1-7(2)8-4-3-5-9-6-8;1-8(2)9-6-4-3-5-7-9;1-6(2)7-3-8-5-9-4-7;1-7(2)9-5-3-8-4-6-9;1-6(2)7-5-8-3-4-9-7;1-6(2)7-3-4-8-5-9-7;1-6(2)7-8-4-3-5-9-7;1-7(2)8-3-5-9-6-4-8;9*1-2/h2*7-9H,3-6H2,1-2H3;8H,3-7H2,1-2H3;6-9H,3-5H2,1-2H3;7-8H,3-6H2,1-2H3;3*6-9H,3-5H2,1-2H3;7H,3-6H2,1-2H3;9*1-2H3. The first-order chi connectivity index (χ1) is 47.7. The highest BCUT2D eigenvalue weighted by Crippen LogP contribution is 2.21. The van der Waals surface area contributed by atoms with Gasteiger partial charge in [-0.15, -0.1) is 0 Å². The van der Waals surface area contributed by atoms with Crippen molar-refractivity contribution in [3.63, 3.8) is 0 Å². The maximum atomic E-state index is 5.21. The molecule has 3 unspecified atom stereocenters. The maximum absolute atomic E-state index is 5.21. The summed E-state index contributed by atoms with van der Waals surface area (Å²) in [6.45, 7) is 105. The second-order valence-electron chi connectivity index (χ2n) is 27.6. The van der Waals surface area contributed by atoms with E-state index in [1.165, 1.54) is 143 Å². The lowest BCUT2D eigenvalue weighted by Gasteiger charge is -2.30. The van der Waals surface area contributed by atoms with Crippen molar-refractivity contribution < 1.29 is 4.74 Å². The molecular weight excluding hydrogens is 1220 g/mol. The number of nitrogens with zero attached hydrogens (tertiary/aromatic N) is 3. The number of rotatable bonds is 9. The second-order valence-corrected chi connectivity index (χ2v) is 27.6. The molecule has 9 fully saturated rings. The molecule has 11 N–H and O–H groups in total. The monoisotopic (exact) mass is 1420 g/mol. The lowest BCUT2D eigenvalue weighted by molar-refractivity contribution is 0.0238. The average molecular weight is 1420 g/mol. The van der Waals surface area contributed by atoms with Crippen molar-refractivity contribution in [2.45, 2.75) is 343 Å². The van der Waals surface area contributed by atoms with E-state index in [-0.39, 0.29) is 0 Å². The Kier molecular flexibility index (Phi) is 110. The molecule has 99 heavy (non-hydrogen) atoms. The summed E-state index contributed by atoms with van der Waals surface area (Å²) >= 11 is 0. The molecule has 9 saturated heterocycles. The van der Waals surface area contributed by atoms with Crippen molar-refractivity contribution in [2.24, 2.45) is 53.3 Å². The van der Waals surface area contributed by atoms with Crippen molar-refractivity contribution in [1.29, 1.82) is 0 Å². The number of ether oxygens (including phenoxy) is 1. The van der Waals surface area contributed by atoms with Crippen LogP contribution in [-0.2, 0) is 4.74 Å². The fourth-order valence-electron chi connectivity index (χ4n) is 11.3. The van der Waals surface area contributed by atoms with Gasteiger partial charge in [0.15, 0.2) is 0 Å². The third-order valence-corrected chi connectivity index (χ3v) is 17.9. The van der Waals surface area contributed by atoms with Crippen LogP contribution >= 0.6 is 0 Å². The molecule has 0 aromatic carbocycles. The van der Waals surface area contributed by atoms with Crippen molar-refractivity contribution in [1.82, 2.24) is 73.2 Å². The van der Waals surface area contributed by atoms with Gasteiger partial charge in [-0.1, -0.05) is 214 Å². The minimum Gasteiger partial charge on any atom is -0.379 e. The van der Waals surface area contributed by atoms with Crippen LogP contribution in [0.2, 0.25) is 0 Å². The SMILES string of the molecule is CC.CC.CC.CC.CC.CC.CC.CC.CC.CC(C)C1CCCNC1.CC(C)C1CCNCC1.CC(C)C1CCNCN1.CC(C)C1CNCCN1.CC(C)C1CNCNC1.CC(C)C1NCCCN1.CC(C)N1CCCCC1.CC(C)N1CCNCC1.CC(C)N1CCOCC1. The van der Waals surface area contributed by atoms with Crippen LogP contribution in [0.5, 0.6) is 0 Å². The van der Waals surface area contributed by atoms with Gasteiger partial charge in [0, 0.05) is 116 Å². The minimum absolute atomic E-state index is 0.554. The van der Waals surface area contributed by atoms with Crippen molar-refractivity contribution in [3.05, 3.63) is 0 Å². The summed E-state index contributed by atoms with van der Waals surface area (Å²) in [5.41, 5.74) is 0. The largest absolute Gasteiger partial charge is 0.379 e. The van der Waals surface area contributed by atoms with Gasteiger partial charge in [-0.05, 0) is 205 Å². The zero-order valence-corrected chi connectivity index (χ0v) is 75.2. The lowest BCUT2D eigenvalue weighted by atomic mass is 9.87. The summed E-state index contributed by atoms with van der Waals surface area (Å²) in [5, 5.41) is 37.0. The van der Waals surface area contributed by atoms with Crippen LogP contribution in [0.15, 0.2) is 0 Å². The van der Waals surface area contributed by atoms with Gasteiger partial charge in [0.05, 0.1) is 19.4 Å². The van der Waals surface area contributed by atoms with Crippen molar-refractivity contribution in [2.75, 3.05) is 157 Å². The summed E-state index contributed by atoms with van der Waals surface area (Å²) in [7, 11) is 0. The first-order valence-electron chi connectivity index (χ1n) is 43.4. The third-order valence-electron chi connectivity index (χ3n) is 17.9. The highest BCUT2D eigenvalue weighted by Gasteiger charge is 2.20. The Balaban J connectivity index is -0.000000128. The van der Waals surface area contributed by atoms with E-state index in [1.807, 2.05) is 125 Å². The predicted octanol–water partition coefficient (Wildman–Crippen LogP) is 17.1. The zero-order valence-electron chi connectivity index (χ0n) is 75.2. The van der Waals surface area contributed by atoms with Gasteiger partial charge in [0.1, 0.15) is 0 Å². The van der Waals surface area contributed by atoms with Crippen LogP contribution in [0.1, 0.15) is 307 Å². The molecule has 0 spiro atoms. The molecule has 0 radical (unpaired) electrons. The maximum Gasteiger partial charge on any atom is 0.0595 e. The van der Waals surface area contributed by atoms with Crippen molar-refractivity contribution in [3.8, 4) is 0 Å². The van der Waals surface area contributed by atoms with Gasteiger partial charge < -0.3 is 68.1 Å². The molecule has 0 aromatic heterocycles. The number of hydrogen-bond donors (Lipinski definition) is 11. The Morgan fingerprint density at radius 3 is 0.929 bits per heavy atom. The molecule has 9 heterocycles. The Morgan fingerprint density at radius 2 is 0.657 bits per heavy atom. The van der Waals surface area contributed by atoms with E-state index in [4.69, 9.17) is 4.74 Å². The van der Waals surface area contributed by atoms with Gasteiger partial charge in [-0.3, -0.25) is 9.80 Å². The minimum atomic E-state index is 0.554. The normalized spacial score (nSPS) is 21.0. The van der Waals surface area contributed by atoms with Crippen LogP contribution in [0, 0.1) is 53.3 Å². The number of piperidine rings is 3. The first kappa shape index (κ1) is 117. The molecule has 0 aliphatic carbocycles. The summed E-state index contributed by atoms with van der Waals surface area (Å²) < 4.78 is 5.21. The van der Waals surface area contributed by atoms with Crippen LogP contribution in [-0.4, -0.2) is 209 Å². The van der Waals surface area contributed by atoms with E-state index in [1.54, 1.807) is 0 Å². The number of hydrogen-bond acceptors (Lipinski definition) is 15. The molecule has 3 atom stereocenters. The fraction of sp³-hybridized carbons (Fsp3) is 1.00. The van der Waals surface area contributed by atoms with Gasteiger partial charge in [-0.25, -0.2) is 0 Å². The summed E-state index contributed by atoms with van der Waals surface area (Å²) in [4.78, 5) is 7.49. The van der Waals surface area contributed by atoms with Crippen LogP contribution in [0.3, 0.4) is 0 Å². The van der Waals surface area contributed by atoms with Crippen LogP contribution in [0.25, 0.3) is 0 Å². The van der Waals surface area contributed by atoms with Gasteiger partial charge in [0.2, 0.25) is 0 Å². The Hall–Kier alpha value is -0.600. The van der Waals surface area contributed by atoms with E-state index in [0.717, 1.165) is 138 Å².